The second-order valence-corrected chi connectivity index (χ2v) is 6.11. The van der Waals surface area contributed by atoms with E-state index in [0.717, 1.165) is 18.4 Å². The van der Waals surface area contributed by atoms with E-state index in [0.29, 0.717) is 5.41 Å². The molecule has 0 amide bonds. The third-order valence-electron chi connectivity index (χ3n) is 3.53. The number of rotatable bonds is 3. The van der Waals surface area contributed by atoms with E-state index in [1.165, 1.54) is 16.2 Å². The van der Waals surface area contributed by atoms with Crippen LogP contribution in [0.1, 0.15) is 30.0 Å². The first kappa shape index (κ1) is 10.2. The Morgan fingerprint density at radius 1 is 1.57 bits per heavy atom. The SMILES string of the molecule is Cc1ccc(C2(CN)CC2C(C)C)s1. The molecule has 0 radical (unpaired) electrons. The Labute approximate surface area is 90.3 Å². The molecule has 1 aliphatic carbocycles. The largest absolute Gasteiger partial charge is 0.330 e. The molecule has 1 aliphatic rings. The highest BCUT2D eigenvalue weighted by molar-refractivity contribution is 7.12. The fourth-order valence-corrected chi connectivity index (χ4v) is 3.67. The molecule has 2 N–H and O–H groups in total. The van der Waals surface area contributed by atoms with E-state index >= 15 is 0 Å². The third kappa shape index (κ3) is 1.41. The van der Waals surface area contributed by atoms with Gasteiger partial charge in [-0.05, 0) is 37.3 Å². The highest BCUT2D eigenvalue weighted by Crippen LogP contribution is 2.58. The van der Waals surface area contributed by atoms with E-state index in [1.807, 2.05) is 11.3 Å². The van der Waals surface area contributed by atoms with Crippen LogP contribution < -0.4 is 5.73 Å². The maximum Gasteiger partial charge on any atom is 0.0203 e. The Hall–Kier alpha value is -0.340. The van der Waals surface area contributed by atoms with Crippen molar-refractivity contribution in [3.63, 3.8) is 0 Å². The van der Waals surface area contributed by atoms with Crippen LogP contribution >= 0.6 is 11.3 Å². The Bertz CT molecular complexity index is 329. The number of aryl methyl sites for hydroxylation is 1. The van der Waals surface area contributed by atoms with Gasteiger partial charge in [-0.25, -0.2) is 0 Å². The zero-order chi connectivity index (χ0) is 10.3. The molecule has 1 saturated carbocycles. The van der Waals surface area contributed by atoms with Gasteiger partial charge in [0.05, 0.1) is 0 Å². The average molecular weight is 209 g/mol. The van der Waals surface area contributed by atoms with E-state index in [9.17, 15) is 0 Å². The molecule has 2 heteroatoms. The normalized spacial score (nSPS) is 31.1. The molecule has 0 bridgehead atoms. The first-order chi connectivity index (χ1) is 6.60. The topological polar surface area (TPSA) is 26.0 Å². The molecule has 1 heterocycles. The average Bonchev–Trinajstić information content (AvgIpc) is 2.76. The number of thiophene rings is 1. The summed E-state index contributed by atoms with van der Waals surface area (Å²) < 4.78 is 0. The van der Waals surface area contributed by atoms with Crippen molar-refractivity contribution in [1.29, 1.82) is 0 Å². The maximum atomic E-state index is 5.94. The zero-order valence-electron chi connectivity index (χ0n) is 9.21. The quantitative estimate of drug-likeness (QED) is 0.814. The van der Waals surface area contributed by atoms with E-state index in [2.05, 4.69) is 32.9 Å². The summed E-state index contributed by atoms with van der Waals surface area (Å²) in [6, 6.07) is 4.49. The summed E-state index contributed by atoms with van der Waals surface area (Å²) in [6.07, 6.45) is 1.29. The summed E-state index contributed by atoms with van der Waals surface area (Å²) in [7, 11) is 0. The van der Waals surface area contributed by atoms with Crippen LogP contribution in [0.15, 0.2) is 12.1 Å². The minimum Gasteiger partial charge on any atom is -0.330 e. The molecule has 2 rings (SSSR count). The van der Waals surface area contributed by atoms with Gasteiger partial charge in [0.15, 0.2) is 0 Å². The van der Waals surface area contributed by atoms with Crippen molar-refractivity contribution in [2.75, 3.05) is 6.54 Å². The Morgan fingerprint density at radius 2 is 2.29 bits per heavy atom. The lowest BCUT2D eigenvalue weighted by Crippen LogP contribution is -2.22. The van der Waals surface area contributed by atoms with E-state index < -0.39 is 0 Å². The third-order valence-corrected chi connectivity index (χ3v) is 4.75. The second-order valence-electron chi connectivity index (χ2n) is 4.83. The van der Waals surface area contributed by atoms with E-state index in [4.69, 9.17) is 5.73 Å². The summed E-state index contributed by atoms with van der Waals surface area (Å²) in [5.74, 6) is 1.58. The van der Waals surface area contributed by atoms with Gasteiger partial charge in [-0.15, -0.1) is 11.3 Å². The highest BCUT2D eigenvalue weighted by Gasteiger charge is 2.55. The van der Waals surface area contributed by atoms with Crippen molar-refractivity contribution < 1.29 is 0 Å². The standard InChI is InChI=1S/C12H19NS/c1-8(2)10-6-12(10,7-13)11-5-4-9(3)14-11/h4-5,8,10H,6-7,13H2,1-3H3. The van der Waals surface area contributed by atoms with Crippen LogP contribution in [0, 0.1) is 18.8 Å². The van der Waals surface area contributed by atoms with Crippen molar-refractivity contribution in [3.8, 4) is 0 Å². The van der Waals surface area contributed by atoms with Crippen LogP contribution in [0.3, 0.4) is 0 Å². The predicted molar refractivity (Wildman–Crippen MR) is 62.7 cm³/mol. The monoisotopic (exact) mass is 209 g/mol. The molecule has 2 unspecified atom stereocenters. The van der Waals surface area contributed by atoms with Gasteiger partial charge in [0.1, 0.15) is 0 Å². The molecule has 0 saturated heterocycles. The summed E-state index contributed by atoms with van der Waals surface area (Å²) in [5, 5.41) is 0. The van der Waals surface area contributed by atoms with Crippen molar-refractivity contribution in [2.24, 2.45) is 17.6 Å². The molecule has 78 valence electrons. The molecule has 0 spiro atoms. The number of nitrogens with two attached hydrogens (primary N) is 1. The van der Waals surface area contributed by atoms with Gasteiger partial charge in [0.25, 0.3) is 0 Å². The molecule has 0 aliphatic heterocycles. The molecule has 1 nitrogen and oxygen atoms in total. The Morgan fingerprint density at radius 3 is 2.64 bits per heavy atom. The molecular formula is C12H19NS. The van der Waals surface area contributed by atoms with Gasteiger partial charge < -0.3 is 5.73 Å². The molecule has 2 atom stereocenters. The van der Waals surface area contributed by atoms with Crippen LogP contribution in [0.5, 0.6) is 0 Å². The molecule has 1 aromatic heterocycles. The van der Waals surface area contributed by atoms with Crippen LogP contribution in [0.2, 0.25) is 0 Å². The Balaban J connectivity index is 2.24. The lowest BCUT2D eigenvalue weighted by Gasteiger charge is -2.14. The zero-order valence-corrected chi connectivity index (χ0v) is 10.0. The summed E-state index contributed by atoms with van der Waals surface area (Å²) in [6.45, 7) is 7.60. The van der Waals surface area contributed by atoms with Gasteiger partial charge in [-0.1, -0.05) is 13.8 Å². The fraction of sp³-hybridized carbons (Fsp3) is 0.667. The van der Waals surface area contributed by atoms with Crippen LogP contribution in [0.25, 0.3) is 0 Å². The van der Waals surface area contributed by atoms with Crippen LogP contribution in [0.4, 0.5) is 0 Å². The molecule has 0 aromatic carbocycles. The first-order valence-electron chi connectivity index (χ1n) is 5.37. The van der Waals surface area contributed by atoms with Gasteiger partial charge in [-0.2, -0.15) is 0 Å². The molecule has 1 aromatic rings. The van der Waals surface area contributed by atoms with Crippen LogP contribution in [-0.4, -0.2) is 6.54 Å². The summed E-state index contributed by atoms with van der Waals surface area (Å²) in [4.78, 5) is 2.92. The summed E-state index contributed by atoms with van der Waals surface area (Å²) in [5.41, 5.74) is 6.29. The van der Waals surface area contributed by atoms with E-state index in [-0.39, 0.29) is 0 Å². The smallest absolute Gasteiger partial charge is 0.0203 e. The molecule has 14 heavy (non-hydrogen) atoms. The molecule has 1 fully saturated rings. The minimum atomic E-state index is 0.340. The van der Waals surface area contributed by atoms with E-state index in [1.54, 1.807) is 0 Å². The van der Waals surface area contributed by atoms with Gasteiger partial charge in [0, 0.05) is 21.7 Å². The van der Waals surface area contributed by atoms with Crippen molar-refractivity contribution in [3.05, 3.63) is 21.9 Å². The predicted octanol–water partition coefficient (Wildman–Crippen LogP) is 2.93. The number of hydrogen-bond acceptors (Lipinski definition) is 2. The van der Waals surface area contributed by atoms with Crippen LogP contribution in [-0.2, 0) is 5.41 Å². The fourth-order valence-electron chi connectivity index (χ4n) is 2.53. The van der Waals surface area contributed by atoms with Crippen molar-refractivity contribution in [1.82, 2.24) is 0 Å². The van der Waals surface area contributed by atoms with Gasteiger partial charge in [0.2, 0.25) is 0 Å². The number of hydrogen-bond donors (Lipinski definition) is 1. The Kier molecular flexibility index (Phi) is 2.44. The lowest BCUT2D eigenvalue weighted by molar-refractivity contribution is 0.488. The maximum absolute atomic E-state index is 5.94. The summed E-state index contributed by atoms with van der Waals surface area (Å²) >= 11 is 1.92. The van der Waals surface area contributed by atoms with Gasteiger partial charge in [-0.3, -0.25) is 0 Å². The van der Waals surface area contributed by atoms with Crippen molar-refractivity contribution >= 4 is 11.3 Å². The lowest BCUT2D eigenvalue weighted by atomic mass is 9.95. The second kappa shape index (κ2) is 3.35. The first-order valence-corrected chi connectivity index (χ1v) is 6.19. The highest BCUT2D eigenvalue weighted by atomic mass is 32.1. The minimum absolute atomic E-state index is 0.340. The molecular weight excluding hydrogens is 190 g/mol. The van der Waals surface area contributed by atoms with Gasteiger partial charge >= 0.3 is 0 Å². The van der Waals surface area contributed by atoms with Crippen molar-refractivity contribution in [2.45, 2.75) is 32.6 Å².